The van der Waals surface area contributed by atoms with Crippen LogP contribution < -0.4 is 0 Å². The predicted octanol–water partition coefficient (Wildman–Crippen LogP) is 4.28. The second-order valence-corrected chi connectivity index (χ2v) is 9.07. The molecule has 0 saturated carbocycles. The first-order chi connectivity index (χ1) is 15.6. The van der Waals surface area contributed by atoms with E-state index in [0.29, 0.717) is 31.4 Å². The summed E-state index contributed by atoms with van der Waals surface area (Å²) in [5.74, 6) is 2.00. The third-order valence-corrected chi connectivity index (χ3v) is 6.59. The molecular weight excluding hydrogens is 444 g/mol. The van der Waals surface area contributed by atoms with Crippen LogP contribution in [0, 0.1) is 6.92 Å². The third kappa shape index (κ3) is 5.43. The molecule has 0 aliphatic rings. The van der Waals surface area contributed by atoms with Gasteiger partial charge in [0.05, 0.1) is 23.7 Å². The van der Waals surface area contributed by atoms with E-state index >= 15 is 0 Å². The minimum absolute atomic E-state index is 0.000335. The summed E-state index contributed by atoms with van der Waals surface area (Å²) in [6, 6.07) is 14.0. The molecule has 0 radical (unpaired) electrons. The van der Waals surface area contributed by atoms with E-state index in [0.717, 1.165) is 27.8 Å². The summed E-state index contributed by atoms with van der Waals surface area (Å²) in [4.78, 5) is 15.7. The third-order valence-electron chi connectivity index (χ3n) is 4.78. The summed E-state index contributed by atoms with van der Waals surface area (Å²) in [5.41, 5.74) is 1.16. The first-order valence-corrected chi connectivity index (χ1v) is 12.2. The average molecular weight is 469 g/mol. The average Bonchev–Trinajstić information content (AvgIpc) is 3.55. The topological polar surface area (TPSA) is 89.9 Å². The molecule has 0 unspecified atom stereocenters. The van der Waals surface area contributed by atoms with E-state index in [1.54, 1.807) is 4.90 Å². The number of thiophene rings is 1. The second kappa shape index (κ2) is 10.6. The Balaban J connectivity index is 1.40. The van der Waals surface area contributed by atoms with E-state index in [1.165, 1.54) is 23.1 Å². The van der Waals surface area contributed by atoms with Gasteiger partial charge in [-0.15, -0.1) is 31.7 Å². The van der Waals surface area contributed by atoms with Crippen molar-refractivity contribution in [1.29, 1.82) is 0 Å². The van der Waals surface area contributed by atoms with E-state index in [1.807, 2.05) is 54.1 Å². The van der Waals surface area contributed by atoms with E-state index in [2.05, 4.69) is 32.5 Å². The van der Waals surface area contributed by atoms with Gasteiger partial charge in [0, 0.05) is 6.54 Å². The maximum absolute atomic E-state index is 13.0. The zero-order valence-electron chi connectivity index (χ0n) is 18.0. The quantitative estimate of drug-likeness (QED) is 0.321. The van der Waals surface area contributed by atoms with Gasteiger partial charge in [-0.05, 0) is 30.4 Å². The maximum Gasteiger partial charge on any atom is 0.257 e. The number of thioether (sulfide) groups is 1. The first kappa shape index (κ1) is 22.2. The molecule has 0 spiro atoms. The van der Waals surface area contributed by atoms with Crippen LogP contribution in [-0.4, -0.2) is 48.1 Å². The standard InChI is InChI=1S/C22H24N6O2S2/c1-3-11-27(14-19-24-25-21(30-19)18-10-7-12-31-18)20(29)15-32-22-26-23-16(2)28(22)13-17-8-5-4-6-9-17/h4-10,12H,3,11,13-15H2,1-2H3. The summed E-state index contributed by atoms with van der Waals surface area (Å²) in [6.45, 7) is 5.54. The van der Waals surface area contributed by atoms with E-state index < -0.39 is 0 Å². The van der Waals surface area contributed by atoms with Crippen molar-refractivity contribution in [2.45, 2.75) is 38.5 Å². The number of nitrogens with zero attached hydrogens (tertiary/aromatic N) is 6. The van der Waals surface area contributed by atoms with Crippen LogP contribution in [0.2, 0.25) is 0 Å². The molecule has 0 saturated heterocycles. The molecule has 4 rings (SSSR count). The molecule has 3 heterocycles. The van der Waals surface area contributed by atoms with Crippen molar-refractivity contribution < 1.29 is 9.21 Å². The number of amides is 1. The summed E-state index contributed by atoms with van der Waals surface area (Å²) < 4.78 is 7.80. The SMILES string of the molecule is CCCN(Cc1nnc(-c2cccs2)o1)C(=O)CSc1nnc(C)n1Cc1ccccc1. The van der Waals surface area contributed by atoms with Crippen LogP contribution in [0.15, 0.2) is 57.4 Å². The van der Waals surface area contributed by atoms with Crippen molar-refractivity contribution >= 4 is 29.0 Å². The molecule has 1 amide bonds. The van der Waals surface area contributed by atoms with Gasteiger partial charge in [-0.25, -0.2) is 0 Å². The van der Waals surface area contributed by atoms with Gasteiger partial charge in [0.1, 0.15) is 5.82 Å². The molecule has 0 bridgehead atoms. The Bertz CT molecular complexity index is 1140. The Morgan fingerprint density at radius 1 is 1.12 bits per heavy atom. The van der Waals surface area contributed by atoms with Crippen molar-refractivity contribution in [3.63, 3.8) is 0 Å². The zero-order chi connectivity index (χ0) is 22.3. The molecule has 1 aromatic carbocycles. The van der Waals surface area contributed by atoms with Crippen LogP contribution in [0.25, 0.3) is 10.8 Å². The van der Waals surface area contributed by atoms with Crippen molar-refractivity contribution in [3.05, 3.63) is 65.1 Å². The van der Waals surface area contributed by atoms with Crippen molar-refractivity contribution in [2.75, 3.05) is 12.3 Å². The molecule has 10 heteroatoms. The van der Waals surface area contributed by atoms with Crippen molar-refractivity contribution in [2.24, 2.45) is 0 Å². The van der Waals surface area contributed by atoms with E-state index in [9.17, 15) is 4.79 Å². The predicted molar refractivity (Wildman–Crippen MR) is 124 cm³/mol. The lowest BCUT2D eigenvalue weighted by Crippen LogP contribution is -2.33. The Kier molecular flexibility index (Phi) is 7.33. The molecule has 3 aromatic heterocycles. The summed E-state index contributed by atoms with van der Waals surface area (Å²) in [7, 11) is 0. The van der Waals surface area contributed by atoms with E-state index in [-0.39, 0.29) is 11.7 Å². The Hall–Kier alpha value is -2.98. The highest BCUT2D eigenvalue weighted by molar-refractivity contribution is 7.99. The number of aromatic nitrogens is 5. The minimum atomic E-state index is -0.000335. The molecular formula is C22H24N6O2S2. The highest BCUT2D eigenvalue weighted by atomic mass is 32.2. The number of carbonyl (C=O) groups excluding carboxylic acids is 1. The fraction of sp³-hybridized carbons (Fsp3) is 0.318. The number of rotatable bonds is 10. The molecule has 0 aliphatic carbocycles. The minimum Gasteiger partial charge on any atom is -0.418 e. The van der Waals surface area contributed by atoms with Crippen LogP contribution in [0.3, 0.4) is 0 Å². The Labute approximate surface area is 194 Å². The number of aryl methyl sites for hydroxylation is 1. The molecule has 4 aromatic rings. The highest BCUT2D eigenvalue weighted by Crippen LogP contribution is 2.24. The summed E-state index contributed by atoms with van der Waals surface area (Å²) in [6.07, 6.45) is 0.839. The van der Waals surface area contributed by atoms with Crippen molar-refractivity contribution in [1.82, 2.24) is 29.9 Å². The van der Waals surface area contributed by atoms with Crippen LogP contribution in [0.4, 0.5) is 0 Å². The zero-order valence-corrected chi connectivity index (χ0v) is 19.6. The fourth-order valence-electron chi connectivity index (χ4n) is 3.18. The van der Waals surface area contributed by atoms with Gasteiger partial charge in [-0.2, -0.15) is 0 Å². The van der Waals surface area contributed by atoms with Gasteiger partial charge in [-0.1, -0.05) is 55.1 Å². The lowest BCUT2D eigenvalue weighted by atomic mass is 10.2. The maximum atomic E-state index is 13.0. The number of hydrogen-bond acceptors (Lipinski definition) is 8. The molecule has 0 atom stereocenters. The Morgan fingerprint density at radius 2 is 1.97 bits per heavy atom. The first-order valence-electron chi connectivity index (χ1n) is 10.3. The highest BCUT2D eigenvalue weighted by Gasteiger charge is 2.19. The van der Waals surface area contributed by atoms with Crippen LogP contribution in [0.5, 0.6) is 0 Å². The largest absolute Gasteiger partial charge is 0.418 e. The van der Waals surface area contributed by atoms with Gasteiger partial charge >= 0.3 is 0 Å². The van der Waals surface area contributed by atoms with Gasteiger partial charge in [-0.3, -0.25) is 4.79 Å². The number of hydrogen-bond donors (Lipinski definition) is 0. The summed E-state index contributed by atoms with van der Waals surface area (Å²) >= 11 is 2.94. The molecule has 32 heavy (non-hydrogen) atoms. The van der Waals surface area contributed by atoms with Gasteiger partial charge < -0.3 is 13.9 Å². The van der Waals surface area contributed by atoms with Gasteiger partial charge in [0.15, 0.2) is 5.16 Å². The van der Waals surface area contributed by atoms with Crippen LogP contribution in [-0.2, 0) is 17.9 Å². The molecule has 0 aliphatic heterocycles. The lowest BCUT2D eigenvalue weighted by Gasteiger charge is -2.20. The molecule has 8 nitrogen and oxygen atoms in total. The molecule has 0 fully saturated rings. The number of carbonyl (C=O) groups is 1. The monoisotopic (exact) mass is 468 g/mol. The van der Waals surface area contributed by atoms with E-state index in [4.69, 9.17) is 4.42 Å². The van der Waals surface area contributed by atoms with Crippen LogP contribution >= 0.6 is 23.1 Å². The lowest BCUT2D eigenvalue weighted by molar-refractivity contribution is -0.129. The van der Waals surface area contributed by atoms with Crippen molar-refractivity contribution in [3.8, 4) is 10.8 Å². The van der Waals surface area contributed by atoms with Gasteiger partial charge in [0.25, 0.3) is 5.89 Å². The Morgan fingerprint density at radius 3 is 2.72 bits per heavy atom. The number of benzene rings is 1. The van der Waals surface area contributed by atoms with Crippen LogP contribution in [0.1, 0.15) is 30.6 Å². The molecule has 166 valence electrons. The second-order valence-electron chi connectivity index (χ2n) is 7.18. The smallest absolute Gasteiger partial charge is 0.257 e. The van der Waals surface area contributed by atoms with Gasteiger partial charge in [0.2, 0.25) is 11.8 Å². The molecule has 0 N–H and O–H groups in total. The summed E-state index contributed by atoms with van der Waals surface area (Å²) in [5, 5.41) is 19.4. The fourth-order valence-corrected chi connectivity index (χ4v) is 4.71. The normalized spacial score (nSPS) is 11.1.